The summed E-state index contributed by atoms with van der Waals surface area (Å²) >= 11 is 0. The van der Waals surface area contributed by atoms with E-state index >= 15 is 0 Å². The van der Waals surface area contributed by atoms with Gasteiger partial charge in [0.2, 0.25) is 0 Å². The molecule has 0 unspecified atom stereocenters. The second-order valence-corrected chi connectivity index (χ2v) is 11.8. The largest absolute Gasteiger partial charge is 0.484 e. The lowest BCUT2D eigenvalue weighted by Crippen LogP contribution is -2.40. The number of anilines is 1. The van der Waals surface area contributed by atoms with Gasteiger partial charge in [-0.1, -0.05) is 60.7 Å². The number of amides is 2. The number of hydrazone groups is 1. The molecule has 1 atom stereocenters. The van der Waals surface area contributed by atoms with Gasteiger partial charge in [-0.15, -0.1) is 0 Å². The highest BCUT2D eigenvalue weighted by Crippen LogP contribution is 2.28. The van der Waals surface area contributed by atoms with Gasteiger partial charge in [0, 0.05) is 0 Å². The van der Waals surface area contributed by atoms with Crippen LogP contribution in [0.5, 0.6) is 5.75 Å². The van der Waals surface area contributed by atoms with Crippen molar-refractivity contribution in [3.05, 3.63) is 125 Å². The molecule has 0 aromatic heterocycles. The van der Waals surface area contributed by atoms with E-state index in [2.05, 4.69) is 15.8 Å². The molecular formula is C33H34N4O5S. The van der Waals surface area contributed by atoms with Gasteiger partial charge in [-0.05, 0) is 85.5 Å². The van der Waals surface area contributed by atoms with Crippen LogP contribution in [0.4, 0.5) is 5.69 Å². The number of ether oxygens (including phenoxy) is 1. The van der Waals surface area contributed by atoms with Crippen LogP contribution in [0.15, 0.2) is 113 Å². The predicted octanol–water partition coefficient (Wildman–Crippen LogP) is 4.91. The molecule has 9 nitrogen and oxygen atoms in total. The summed E-state index contributed by atoms with van der Waals surface area (Å²) in [5.41, 5.74) is 6.16. The van der Waals surface area contributed by atoms with Crippen LogP contribution < -0.4 is 19.8 Å². The molecule has 4 aromatic rings. The third-order valence-corrected chi connectivity index (χ3v) is 8.57. The van der Waals surface area contributed by atoms with Crippen LogP contribution >= 0.6 is 0 Å². The molecular weight excluding hydrogens is 564 g/mol. The van der Waals surface area contributed by atoms with Crippen molar-refractivity contribution in [3.63, 3.8) is 0 Å². The number of carbonyl (C=O) groups excluding carboxylic acids is 2. The molecule has 10 heteroatoms. The SMILES string of the molecule is Cc1cccc(N(CC(=O)N/N=C\c2ccc(OCC(=O)N[C@@H](C)c3ccccc3)cc2)S(=O)(=O)c2ccccc2)c1C. The fourth-order valence-electron chi connectivity index (χ4n) is 4.28. The molecule has 0 aliphatic rings. The lowest BCUT2D eigenvalue weighted by molar-refractivity contribution is -0.123. The highest BCUT2D eigenvalue weighted by atomic mass is 32.2. The molecule has 2 N–H and O–H groups in total. The Morgan fingerprint density at radius 2 is 1.51 bits per heavy atom. The molecule has 0 saturated heterocycles. The van der Waals surface area contributed by atoms with Crippen LogP contribution in [0.1, 0.15) is 35.2 Å². The van der Waals surface area contributed by atoms with E-state index < -0.39 is 22.5 Å². The fraction of sp³-hybridized carbons (Fsp3) is 0.182. The summed E-state index contributed by atoms with van der Waals surface area (Å²) in [7, 11) is -4.02. The molecule has 0 spiro atoms. The minimum Gasteiger partial charge on any atom is -0.484 e. The summed E-state index contributed by atoms with van der Waals surface area (Å²) in [6, 6.07) is 29.6. The maximum Gasteiger partial charge on any atom is 0.264 e. The number of hydrogen-bond acceptors (Lipinski definition) is 6. The van der Waals surface area contributed by atoms with Gasteiger partial charge in [-0.2, -0.15) is 5.10 Å². The third-order valence-electron chi connectivity index (χ3n) is 6.79. The minimum atomic E-state index is -4.02. The van der Waals surface area contributed by atoms with Crippen LogP contribution in [-0.2, 0) is 19.6 Å². The lowest BCUT2D eigenvalue weighted by atomic mass is 10.1. The summed E-state index contributed by atoms with van der Waals surface area (Å²) < 4.78 is 33.8. The summed E-state index contributed by atoms with van der Waals surface area (Å²) in [6.07, 6.45) is 1.43. The zero-order valence-electron chi connectivity index (χ0n) is 24.2. The van der Waals surface area contributed by atoms with Gasteiger partial charge in [0.15, 0.2) is 6.61 Å². The van der Waals surface area contributed by atoms with E-state index in [9.17, 15) is 18.0 Å². The van der Waals surface area contributed by atoms with Gasteiger partial charge >= 0.3 is 0 Å². The first kappa shape index (κ1) is 31.0. The lowest BCUT2D eigenvalue weighted by Gasteiger charge is -2.26. The Kier molecular flexibility index (Phi) is 10.3. The molecule has 0 bridgehead atoms. The van der Waals surface area contributed by atoms with E-state index in [1.165, 1.54) is 18.3 Å². The number of carbonyl (C=O) groups is 2. The molecule has 43 heavy (non-hydrogen) atoms. The Morgan fingerprint density at radius 3 is 2.19 bits per heavy atom. The normalized spacial score (nSPS) is 12.0. The average Bonchev–Trinajstić information content (AvgIpc) is 3.02. The maximum absolute atomic E-state index is 13.5. The van der Waals surface area contributed by atoms with Crippen LogP contribution in [0.25, 0.3) is 0 Å². The molecule has 4 aromatic carbocycles. The first-order valence-electron chi connectivity index (χ1n) is 13.7. The van der Waals surface area contributed by atoms with Gasteiger partial charge in [0.25, 0.3) is 21.8 Å². The van der Waals surface area contributed by atoms with Crippen LogP contribution in [0, 0.1) is 13.8 Å². The molecule has 0 saturated carbocycles. The minimum absolute atomic E-state index is 0.0812. The van der Waals surface area contributed by atoms with Gasteiger partial charge in [-0.3, -0.25) is 13.9 Å². The van der Waals surface area contributed by atoms with Crippen molar-refractivity contribution < 1.29 is 22.7 Å². The average molecular weight is 599 g/mol. The quantitative estimate of drug-likeness (QED) is 0.178. The zero-order chi connectivity index (χ0) is 30.8. The second kappa shape index (κ2) is 14.3. The standard InChI is InChI=1S/C33H34N4O5S/c1-24-11-10-16-31(25(24)2)37(43(40,41)30-14-8-5-9-15-30)22-32(38)36-34-21-27-17-19-29(20-18-27)42-23-33(39)35-26(3)28-12-6-4-7-13-28/h4-21,26H,22-23H2,1-3H3,(H,35,39)(H,36,38)/b34-21-/t26-/m0/s1. The van der Waals surface area contributed by atoms with E-state index in [0.717, 1.165) is 21.0 Å². The number of aryl methyl sites for hydroxylation is 1. The summed E-state index contributed by atoms with van der Waals surface area (Å²) in [6.45, 7) is 5.01. The molecule has 222 valence electrons. The molecule has 0 heterocycles. The van der Waals surface area contributed by atoms with Crippen molar-refractivity contribution in [1.82, 2.24) is 10.7 Å². The van der Waals surface area contributed by atoms with E-state index in [1.807, 2.05) is 57.2 Å². The number of benzene rings is 4. The van der Waals surface area contributed by atoms with E-state index in [4.69, 9.17) is 4.74 Å². The van der Waals surface area contributed by atoms with Crippen molar-refractivity contribution >= 4 is 33.7 Å². The Balaban J connectivity index is 1.34. The topological polar surface area (TPSA) is 117 Å². The molecule has 0 aliphatic carbocycles. The number of sulfonamides is 1. The smallest absolute Gasteiger partial charge is 0.264 e. The number of nitrogens with one attached hydrogen (secondary N) is 2. The van der Waals surface area contributed by atoms with Crippen molar-refractivity contribution in [2.24, 2.45) is 5.10 Å². The van der Waals surface area contributed by atoms with Crippen LogP contribution in [0.3, 0.4) is 0 Å². The summed E-state index contributed by atoms with van der Waals surface area (Å²) in [4.78, 5) is 25.2. The third kappa shape index (κ3) is 8.30. The van der Waals surface area contributed by atoms with Crippen LogP contribution in [0.2, 0.25) is 0 Å². The molecule has 0 aliphatic heterocycles. The zero-order valence-corrected chi connectivity index (χ0v) is 25.0. The van der Waals surface area contributed by atoms with E-state index in [0.29, 0.717) is 17.0 Å². The van der Waals surface area contributed by atoms with E-state index in [-0.39, 0.29) is 23.5 Å². The van der Waals surface area contributed by atoms with Crippen molar-refractivity contribution in [1.29, 1.82) is 0 Å². The van der Waals surface area contributed by atoms with Crippen molar-refractivity contribution in [2.75, 3.05) is 17.5 Å². The van der Waals surface area contributed by atoms with Gasteiger partial charge in [-0.25, -0.2) is 13.8 Å². The van der Waals surface area contributed by atoms with Gasteiger partial charge in [0.05, 0.1) is 22.8 Å². The van der Waals surface area contributed by atoms with Gasteiger partial charge < -0.3 is 10.1 Å². The Morgan fingerprint density at radius 1 is 0.860 bits per heavy atom. The van der Waals surface area contributed by atoms with Crippen LogP contribution in [-0.4, -0.2) is 39.6 Å². The first-order chi connectivity index (χ1) is 20.6. The Bertz CT molecular complexity index is 1680. The highest BCUT2D eigenvalue weighted by molar-refractivity contribution is 7.92. The monoisotopic (exact) mass is 598 g/mol. The maximum atomic E-state index is 13.5. The molecule has 4 rings (SSSR count). The fourth-order valence-corrected chi connectivity index (χ4v) is 5.78. The van der Waals surface area contributed by atoms with Crippen molar-refractivity contribution in [2.45, 2.75) is 31.7 Å². The predicted molar refractivity (Wildman–Crippen MR) is 168 cm³/mol. The second-order valence-electron chi connectivity index (χ2n) is 9.89. The number of hydrogen-bond donors (Lipinski definition) is 2. The van der Waals surface area contributed by atoms with Crippen molar-refractivity contribution in [3.8, 4) is 5.75 Å². The summed E-state index contributed by atoms with van der Waals surface area (Å²) in [5, 5.41) is 6.90. The molecule has 0 fully saturated rings. The highest BCUT2D eigenvalue weighted by Gasteiger charge is 2.28. The Labute approximate surface area is 252 Å². The van der Waals surface area contributed by atoms with E-state index in [1.54, 1.807) is 54.6 Å². The molecule has 0 radical (unpaired) electrons. The Hall–Kier alpha value is -4.96. The summed E-state index contributed by atoms with van der Waals surface area (Å²) in [5.74, 6) is -0.347. The first-order valence-corrected chi connectivity index (χ1v) is 15.1. The number of rotatable bonds is 12. The molecule has 2 amide bonds. The number of nitrogens with zero attached hydrogens (tertiary/aromatic N) is 2. The van der Waals surface area contributed by atoms with Gasteiger partial charge in [0.1, 0.15) is 12.3 Å².